The van der Waals surface area contributed by atoms with Gasteiger partial charge in [-0.1, -0.05) is 69.7 Å². The van der Waals surface area contributed by atoms with Crippen LogP contribution in [0.2, 0.25) is 0 Å². The molecule has 0 saturated heterocycles. The highest BCUT2D eigenvalue weighted by Gasteiger charge is 2.30. The van der Waals surface area contributed by atoms with Crippen molar-refractivity contribution in [3.05, 3.63) is 83.4 Å². The Balaban J connectivity index is 1.55. The summed E-state index contributed by atoms with van der Waals surface area (Å²) in [5, 5.41) is 9.42. The lowest BCUT2D eigenvalue weighted by atomic mass is 9.72. The van der Waals surface area contributed by atoms with Gasteiger partial charge in [-0.15, -0.1) is 0 Å². The molecule has 1 atom stereocenters. The number of hydrogen-bond acceptors (Lipinski definition) is 3. The van der Waals surface area contributed by atoms with Crippen LogP contribution in [0.3, 0.4) is 0 Å². The fourth-order valence-electron chi connectivity index (χ4n) is 4.93. The van der Waals surface area contributed by atoms with E-state index in [-0.39, 0.29) is 17.8 Å². The Hall–Kier alpha value is -3.27. The number of carbonyl (C=O) groups is 1. The molecular formula is C31H36O4. The lowest BCUT2D eigenvalue weighted by molar-refractivity contribution is -0.138. The summed E-state index contributed by atoms with van der Waals surface area (Å²) in [6.07, 6.45) is 3.59. The van der Waals surface area contributed by atoms with Gasteiger partial charge in [0, 0.05) is 0 Å². The number of rotatable bonds is 9. The Labute approximate surface area is 208 Å². The van der Waals surface area contributed by atoms with Crippen LogP contribution in [0.1, 0.15) is 69.1 Å². The molecule has 4 heteroatoms. The van der Waals surface area contributed by atoms with Crippen molar-refractivity contribution in [1.82, 2.24) is 0 Å². The molecular weight excluding hydrogens is 436 g/mol. The molecule has 0 aliphatic heterocycles. The zero-order chi connectivity index (χ0) is 25.0. The van der Waals surface area contributed by atoms with Gasteiger partial charge in [-0.2, -0.15) is 0 Å². The maximum atomic E-state index is 11.5. The van der Waals surface area contributed by atoms with E-state index in [0.717, 1.165) is 41.0 Å². The molecule has 0 spiro atoms. The first-order chi connectivity index (χ1) is 16.7. The van der Waals surface area contributed by atoms with Crippen molar-refractivity contribution >= 4 is 5.97 Å². The second-order valence-corrected chi connectivity index (χ2v) is 10.6. The molecule has 0 heterocycles. The minimum atomic E-state index is -0.737. The normalized spacial score (nSPS) is 14.7. The van der Waals surface area contributed by atoms with Gasteiger partial charge in [0.25, 0.3) is 0 Å². The van der Waals surface area contributed by atoms with Crippen LogP contribution in [-0.2, 0) is 16.8 Å². The maximum Gasteiger partial charge on any atom is 0.303 e. The Morgan fingerprint density at radius 3 is 2.40 bits per heavy atom. The van der Waals surface area contributed by atoms with Crippen molar-refractivity contribution in [2.75, 3.05) is 7.11 Å². The highest BCUT2D eigenvalue weighted by molar-refractivity contribution is 5.70. The fourth-order valence-corrected chi connectivity index (χ4v) is 4.93. The van der Waals surface area contributed by atoms with Crippen molar-refractivity contribution in [3.8, 4) is 22.6 Å². The molecule has 3 aromatic rings. The van der Waals surface area contributed by atoms with E-state index in [9.17, 15) is 9.90 Å². The van der Waals surface area contributed by atoms with E-state index in [1.165, 1.54) is 17.5 Å². The first kappa shape index (κ1) is 24.8. The molecule has 4 rings (SSSR count). The molecule has 0 aromatic heterocycles. The molecule has 1 N–H and O–H groups in total. The molecule has 0 unspecified atom stereocenters. The molecule has 3 aromatic carbocycles. The average Bonchev–Trinajstić information content (AvgIpc) is 2.80. The highest BCUT2D eigenvalue weighted by atomic mass is 16.5. The second-order valence-electron chi connectivity index (χ2n) is 10.6. The predicted molar refractivity (Wildman–Crippen MR) is 140 cm³/mol. The number of hydrogen-bond donors (Lipinski definition) is 1. The zero-order valence-corrected chi connectivity index (χ0v) is 21.2. The van der Waals surface area contributed by atoms with Crippen molar-refractivity contribution < 1.29 is 19.4 Å². The highest BCUT2D eigenvalue weighted by Crippen LogP contribution is 2.42. The summed E-state index contributed by atoms with van der Waals surface area (Å²) in [6.45, 7) is 7.13. The lowest BCUT2D eigenvalue weighted by Crippen LogP contribution is -2.22. The van der Waals surface area contributed by atoms with E-state index in [0.29, 0.717) is 12.5 Å². The summed E-state index contributed by atoms with van der Waals surface area (Å²) >= 11 is 0. The summed E-state index contributed by atoms with van der Waals surface area (Å²) in [5.74, 6) is 1.41. The Kier molecular flexibility index (Phi) is 7.49. The van der Waals surface area contributed by atoms with Gasteiger partial charge in [0.1, 0.15) is 18.1 Å². The Morgan fingerprint density at radius 2 is 1.74 bits per heavy atom. The zero-order valence-electron chi connectivity index (χ0n) is 21.2. The van der Waals surface area contributed by atoms with Crippen molar-refractivity contribution in [1.29, 1.82) is 0 Å². The number of benzene rings is 3. The third-order valence-electron chi connectivity index (χ3n) is 7.08. The first-order valence-corrected chi connectivity index (χ1v) is 12.5. The maximum absolute atomic E-state index is 11.5. The van der Waals surface area contributed by atoms with Crippen LogP contribution in [0.4, 0.5) is 0 Å². The lowest BCUT2D eigenvalue weighted by Gasteiger charge is -2.33. The summed E-state index contributed by atoms with van der Waals surface area (Å²) in [5.41, 5.74) is 5.72. The number of aliphatic carboxylic acids is 1. The number of carboxylic acid groups (broad SMARTS) is 1. The van der Waals surface area contributed by atoms with Gasteiger partial charge in [-0.25, -0.2) is 0 Å². The number of carboxylic acids is 1. The molecule has 1 fully saturated rings. The Bertz CT molecular complexity index is 1170. The van der Waals surface area contributed by atoms with Crippen LogP contribution < -0.4 is 9.47 Å². The van der Waals surface area contributed by atoms with Crippen molar-refractivity contribution in [3.63, 3.8) is 0 Å². The molecule has 1 aliphatic carbocycles. The summed E-state index contributed by atoms with van der Waals surface area (Å²) in [7, 11) is 1.69. The SMILES string of the molecule is COc1cccc(-c2ccc(COc3cccc([C@H](CC(=O)O)C4CCC4)c3)cc2C(C)(C)C)c1. The number of ether oxygens (including phenoxy) is 2. The van der Waals surface area contributed by atoms with Crippen molar-refractivity contribution in [2.45, 2.75) is 64.4 Å². The molecule has 1 aliphatic rings. The van der Waals surface area contributed by atoms with Gasteiger partial charge in [-0.3, -0.25) is 4.79 Å². The van der Waals surface area contributed by atoms with Gasteiger partial charge >= 0.3 is 5.97 Å². The van der Waals surface area contributed by atoms with E-state index < -0.39 is 5.97 Å². The quantitative estimate of drug-likeness (QED) is 0.348. The fraction of sp³-hybridized carbons (Fsp3) is 0.387. The van der Waals surface area contributed by atoms with Crippen LogP contribution >= 0.6 is 0 Å². The van der Waals surface area contributed by atoms with Gasteiger partial charge in [0.2, 0.25) is 0 Å². The molecule has 184 valence electrons. The number of methoxy groups -OCH3 is 1. The van der Waals surface area contributed by atoms with Gasteiger partial charge in [-0.05, 0) is 82.2 Å². The van der Waals surface area contributed by atoms with Gasteiger partial charge < -0.3 is 14.6 Å². The Morgan fingerprint density at radius 1 is 1.00 bits per heavy atom. The molecule has 0 bridgehead atoms. The van der Waals surface area contributed by atoms with E-state index in [1.807, 2.05) is 36.4 Å². The molecule has 35 heavy (non-hydrogen) atoms. The largest absolute Gasteiger partial charge is 0.497 e. The van der Waals surface area contributed by atoms with E-state index >= 15 is 0 Å². The monoisotopic (exact) mass is 472 g/mol. The van der Waals surface area contributed by atoms with Crippen LogP contribution in [0.5, 0.6) is 11.5 Å². The summed E-state index contributed by atoms with van der Waals surface area (Å²) < 4.78 is 11.6. The first-order valence-electron chi connectivity index (χ1n) is 12.5. The third-order valence-corrected chi connectivity index (χ3v) is 7.08. The third kappa shape index (κ3) is 6.05. The van der Waals surface area contributed by atoms with E-state index in [2.05, 4.69) is 51.1 Å². The smallest absolute Gasteiger partial charge is 0.303 e. The summed E-state index contributed by atoms with van der Waals surface area (Å²) in [4.78, 5) is 11.5. The molecule has 0 radical (unpaired) electrons. The van der Waals surface area contributed by atoms with E-state index in [4.69, 9.17) is 9.47 Å². The van der Waals surface area contributed by atoms with E-state index in [1.54, 1.807) is 7.11 Å². The standard InChI is InChI=1S/C31H36O4/c1-31(2,3)29-16-21(14-15-27(29)23-10-6-12-25(17-23)34-4)20-35-26-13-7-11-24(18-26)28(19-30(32)33)22-8-5-9-22/h6-7,10-18,22,28H,5,8-9,19-20H2,1-4H3,(H,32,33)/t28-/m1/s1. The predicted octanol–water partition coefficient (Wildman–Crippen LogP) is 7.60. The van der Waals surface area contributed by atoms with Crippen LogP contribution in [0.25, 0.3) is 11.1 Å². The molecule has 0 amide bonds. The minimum absolute atomic E-state index is 0.0405. The second kappa shape index (κ2) is 10.6. The average molecular weight is 473 g/mol. The van der Waals surface area contributed by atoms with Gasteiger partial charge in [0.05, 0.1) is 13.5 Å². The van der Waals surface area contributed by atoms with Crippen LogP contribution in [0.15, 0.2) is 66.7 Å². The molecule has 1 saturated carbocycles. The minimum Gasteiger partial charge on any atom is -0.497 e. The van der Waals surface area contributed by atoms with Crippen LogP contribution in [-0.4, -0.2) is 18.2 Å². The van der Waals surface area contributed by atoms with Crippen LogP contribution in [0, 0.1) is 5.92 Å². The molecule has 4 nitrogen and oxygen atoms in total. The van der Waals surface area contributed by atoms with Crippen molar-refractivity contribution in [2.24, 2.45) is 5.92 Å². The summed E-state index contributed by atoms with van der Waals surface area (Å²) in [6, 6.07) is 22.7. The topological polar surface area (TPSA) is 55.8 Å². The van der Waals surface area contributed by atoms with Gasteiger partial charge in [0.15, 0.2) is 0 Å².